The Bertz CT molecular complexity index is 394. The van der Waals surface area contributed by atoms with Crippen LogP contribution in [-0.4, -0.2) is 26.8 Å². The second-order valence-corrected chi connectivity index (χ2v) is 7.89. The maximum absolute atomic E-state index is 11.9. The fraction of sp³-hybridized carbons (Fsp3) is 0.857. The smallest absolute Gasteiger partial charge is 0.303 e. The molecule has 0 heterocycles. The predicted molar refractivity (Wildman–Crippen MR) is 75.0 cm³/mol. The van der Waals surface area contributed by atoms with E-state index in [1.807, 2.05) is 13.8 Å². The zero-order valence-corrected chi connectivity index (χ0v) is 12.6. The van der Waals surface area contributed by atoms with E-state index in [-0.39, 0.29) is 17.3 Å². The normalized spacial score (nSPS) is 18.6. The molecule has 1 N–H and O–H groups in total. The van der Waals surface area contributed by atoms with Gasteiger partial charge in [0.1, 0.15) is 0 Å². The fourth-order valence-electron chi connectivity index (χ4n) is 2.17. The Morgan fingerprint density at radius 3 is 2.53 bits per heavy atom. The molecule has 0 aromatic rings. The van der Waals surface area contributed by atoms with Gasteiger partial charge in [-0.15, -0.1) is 0 Å². The first kappa shape index (κ1) is 16.2. The van der Waals surface area contributed by atoms with E-state index < -0.39 is 16.8 Å². The van der Waals surface area contributed by atoms with Crippen LogP contribution in [0.3, 0.4) is 0 Å². The number of nitrogens with zero attached hydrogens (tertiary/aromatic N) is 1. The summed E-state index contributed by atoms with van der Waals surface area (Å²) < 4.78 is 11.9. The molecule has 0 aliphatic heterocycles. The number of hydrogen-bond donors (Lipinski definition) is 1. The van der Waals surface area contributed by atoms with E-state index in [2.05, 4.69) is 6.07 Å². The van der Waals surface area contributed by atoms with Gasteiger partial charge in [-0.05, 0) is 44.9 Å². The van der Waals surface area contributed by atoms with Gasteiger partial charge < -0.3 is 5.11 Å². The zero-order chi connectivity index (χ0) is 14.5. The van der Waals surface area contributed by atoms with Crippen molar-refractivity contribution in [3.05, 3.63) is 0 Å². The molecule has 0 saturated heterocycles. The summed E-state index contributed by atoms with van der Waals surface area (Å²) in [6.45, 7) is 3.83. The van der Waals surface area contributed by atoms with Crippen LogP contribution in [0.15, 0.2) is 0 Å². The van der Waals surface area contributed by atoms with Gasteiger partial charge in [-0.25, -0.2) is 0 Å². The van der Waals surface area contributed by atoms with E-state index in [4.69, 9.17) is 10.4 Å². The van der Waals surface area contributed by atoms with Crippen molar-refractivity contribution in [3.63, 3.8) is 0 Å². The van der Waals surface area contributed by atoms with Crippen molar-refractivity contribution in [1.82, 2.24) is 0 Å². The molecule has 1 saturated carbocycles. The van der Waals surface area contributed by atoms with Gasteiger partial charge in [-0.2, -0.15) is 5.26 Å². The van der Waals surface area contributed by atoms with Crippen LogP contribution in [0.25, 0.3) is 0 Å². The van der Waals surface area contributed by atoms with Crippen molar-refractivity contribution in [2.75, 3.05) is 11.5 Å². The fourth-order valence-corrected chi connectivity index (χ4v) is 3.91. The molecule has 1 atom stereocenters. The molecule has 0 bridgehead atoms. The third kappa shape index (κ3) is 6.20. The molecule has 5 heteroatoms. The lowest BCUT2D eigenvalue weighted by molar-refractivity contribution is -0.138. The van der Waals surface area contributed by atoms with E-state index in [0.717, 1.165) is 32.1 Å². The van der Waals surface area contributed by atoms with Gasteiger partial charge in [-0.3, -0.25) is 9.00 Å². The highest BCUT2D eigenvalue weighted by Crippen LogP contribution is 2.49. The van der Waals surface area contributed by atoms with Crippen molar-refractivity contribution in [1.29, 1.82) is 5.26 Å². The maximum atomic E-state index is 11.9. The summed E-state index contributed by atoms with van der Waals surface area (Å²) in [7, 11) is -0.920. The second kappa shape index (κ2) is 6.51. The lowest BCUT2D eigenvalue weighted by atomic mass is 9.89. The molecule has 19 heavy (non-hydrogen) atoms. The first-order chi connectivity index (χ1) is 8.79. The molecule has 108 valence electrons. The Morgan fingerprint density at radius 2 is 2.05 bits per heavy atom. The van der Waals surface area contributed by atoms with Gasteiger partial charge in [0.2, 0.25) is 0 Å². The van der Waals surface area contributed by atoms with E-state index in [1.165, 1.54) is 0 Å². The van der Waals surface area contributed by atoms with Crippen LogP contribution < -0.4 is 0 Å². The molecule has 0 aromatic carbocycles. The minimum Gasteiger partial charge on any atom is -0.481 e. The van der Waals surface area contributed by atoms with Crippen LogP contribution in [0.2, 0.25) is 0 Å². The van der Waals surface area contributed by atoms with Gasteiger partial charge in [-0.1, -0.05) is 6.42 Å². The molecule has 0 aromatic heterocycles. The van der Waals surface area contributed by atoms with Crippen LogP contribution in [-0.2, 0) is 15.6 Å². The molecule has 1 rings (SSSR count). The van der Waals surface area contributed by atoms with Crippen LogP contribution >= 0.6 is 0 Å². The van der Waals surface area contributed by atoms with Crippen molar-refractivity contribution in [3.8, 4) is 6.07 Å². The summed E-state index contributed by atoms with van der Waals surface area (Å²) in [4.78, 5) is 10.7. The Hall–Kier alpha value is -0.890. The Balaban J connectivity index is 2.19. The van der Waals surface area contributed by atoms with E-state index in [1.54, 1.807) is 0 Å². The van der Waals surface area contributed by atoms with E-state index >= 15 is 0 Å². The molecule has 1 fully saturated rings. The number of aliphatic carboxylic acids is 1. The van der Waals surface area contributed by atoms with Gasteiger partial charge in [0, 0.05) is 22.3 Å². The Labute approximate surface area is 117 Å². The summed E-state index contributed by atoms with van der Waals surface area (Å²) in [5.41, 5.74) is -0.481. The first-order valence-electron chi connectivity index (χ1n) is 6.77. The highest BCUT2D eigenvalue weighted by molar-refractivity contribution is 7.85. The van der Waals surface area contributed by atoms with Gasteiger partial charge in [0.25, 0.3) is 0 Å². The third-order valence-electron chi connectivity index (χ3n) is 3.68. The van der Waals surface area contributed by atoms with Crippen LogP contribution in [0.1, 0.15) is 52.4 Å². The average molecular weight is 285 g/mol. The summed E-state index contributed by atoms with van der Waals surface area (Å²) in [6, 6.07) is 2.26. The average Bonchev–Trinajstić information content (AvgIpc) is 3.03. The molecule has 1 aliphatic rings. The minimum absolute atomic E-state index is 0.153. The number of carbonyl (C=O) groups is 1. The highest BCUT2D eigenvalue weighted by Gasteiger charge is 2.45. The van der Waals surface area contributed by atoms with Gasteiger partial charge in [0.05, 0.1) is 17.9 Å². The first-order valence-corrected chi connectivity index (χ1v) is 8.25. The molecular weight excluding hydrogens is 262 g/mol. The van der Waals surface area contributed by atoms with Crippen molar-refractivity contribution in [2.45, 2.75) is 52.4 Å². The zero-order valence-electron chi connectivity index (χ0n) is 11.8. The molecule has 0 amide bonds. The third-order valence-corrected chi connectivity index (χ3v) is 5.36. The Morgan fingerprint density at radius 1 is 1.42 bits per heavy atom. The van der Waals surface area contributed by atoms with Crippen molar-refractivity contribution >= 4 is 16.8 Å². The van der Waals surface area contributed by atoms with Crippen LogP contribution in [0.4, 0.5) is 0 Å². The lowest BCUT2D eigenvalue weighted by Crippen LogP contribution is -2.18. The maximum Gasteiger partial charge on any atom is 0.303 e. The topological polar surface area (TPSA) is 78.2 Å². The Kier molecular flexibility index (Phi) is 5.54. The number of carboxylic acid groups (broad SMARTS) is 1. The summed E-state index contributed by atoms with van der Waals surface area (Å²) in [6.07, 6.45) is 4.51. The number of rotatable bonds is 9. The number of carboxylic acids is 1. The van der Waals surface area contributed by atoms with Gasteiger partial charge in [0.15, 0.2) is 0 Å². The summed E-state index contributed by atoms with van der Waals surface area (Å²) >= 11 is 0. The van der Waals surface area contributed by atoms with Crippen LogP contribution in [0, 0.1) is 22.2 Å². The molecule has 1 aliphatic carbocycles. The number of unbranched alkanes of at least 4 members (excludes halogenated alkanes) is 1. The second-order valence-electron chi connectivity index (χ2n) is 6.31. The van der Waals surface area contributed by atoms with E-state index in [0.29, 0.717) is 11.5 Å². The quantitative estimate of drug-likeness (QED) is 0.661. The lowest BCUT2D eigenvalue weighted by Gasteiger charge is -2.15. The van der Waals surface area contributed by atoms with Gasteiger partial charge >= 0.3 is 5.97 Å². The summed E-state index contributed by atoms with van der Waals surface area (Å²) in [5.74, 6) is 0.370. The minimum atomic E-state index is -0.920. The number of nitriles is 1. The molecule has 1 unspecified atom stereocenters. The molecular formula is C14H23NO3S. The molecule has 0 radical (unpaired) electrons. The van der Waals surface area contributed by atoms with Crippen LogP contribution in [0.5, 0.6) is 0 Å². The predicted octanol–water partition coefficient (Wildman–Crippen LogP) is 2.71. The number of hydrogen-bond acceptors (Lipinski definition) is 3. The van der Waals surface area contributed by atoms with E-state index in [9.17, 15) is 9.00 Å². The molecule has 4 nitrogen and oxygen atoms in total. The summed E-state index contributed by atoms with van der Waals surface area (Å²) in [5, 5.41) is 17.7. The SMILES string of the molecule is CC(C)(C#N)CCCCS(=O)CC1(CC(=O)O)CC1. The van der Waals surface area contributed by atoms with Crippen molar-refractivity contribution < 1.29 is 14.1 Å². The largest absolute Gasteiger partial charge is 0.481 e. The standard InChI is InChI=1S/C14H23NO3S/c1-13(2,10-15)5-3-4-8-19(18)11-14(6-7-14)9-12(16)17/h3-9,11H2,1-2H3,(H,16,17). The highest BCUT2D eigenvalue weighted by atomic mass is 32.2. The van der Waals surface area contributed by atoms with Crippen molar-refractivity contribution in [2.24, 2.45) is 10.8 Å². The monoisotopic (exact) mass is 285 g/mol. The molecule has 0 spiro atoms.